The molecule has 4 aromatic rings. The van der Waals surface area contributed by atoms with Crippen molar-refractivity contribution in [2.24, 2.45) is 0 Å². The second-order valence-corrected chi connectivity index (χ2v) is 5.81. The Kier molecular flexibility index (Phi) is 3.54. The number of hydrogen-bond acceptors (Lipinski definition) is 3. The molecule has 4 rings (SSSR count). The largest absolute Gasteiger partial charge is 0.306 e. The van der Waals surface area contributed by atoms with Crippen LogP contribution in [0.5, 0.6) is 0 Å². The van der Waals surface area contributed by atoms with Crippen molar-refractivity contribution >= 4 is 11.7 Å². The number of nitrogens with zero attached hydrogens (tertiary/aromatic N) is 2. The van der Waals surface area contributed by atoms with E-state index >= 15 is 0 Å². The fourth-order valence-electron chi connectivity index (χ4n) is 2.97. The molecule has 5 heteroatoms. The van der Waals surface area contributed by atoms with Crippen molar-refractivity contribution in [2.75, 3.05) is 0 Å². The van der Waals surface area contributed by atoms with Crippen LogP contribution in [0, 0.1) is 6.92 Å². The first kappa shape index (κ1) is 15.1. The molecule has 0 saturated heterocycles. The molecule has 0 aliphatic rings. The molecular formula is C20H15N3O2. The zero-order valence-electron chi connectivity index (χ0n) is 13.6. The van der Waals surface area contributed by atoms with Crippen LogP contribution in [0.4, 0.5) is 0 Å². The van der Waals surface area contributed by atoms with Gasteiger partial charge in [-0.1, -0.05) is 60.7 Å². The van der Waals surface area contributed by atoms with E-state index < -0.39 is 11.1 Å². The predicted octanol–water partition coefficient (Wildman–Crippen LogP) is 1.91. The van der Waals surface area contributed by atoms with Gasteiger partial charge in [-0.25, -0.2) is 0 Å². The summed E-state index contributed by atoms with van der Waals surface area (Å²) in [4.78, 5) is 28.1. The van der Waals surface area contributed by atoms with Crippen LogP contribution in [0.25, 0.3) is 22.9 Å². The molecule has 0 bridgehead atoms. The SMILES string of the molecule is Cc1nn2c(=O)/c(=C/c3ccccc3)c(=O)[nH]c2c1-c1ccccc1. The topological polar surface area (TPSA) is 67.2 Å². The van der Waals surface area contributed by atoms with E-state index in [-0.39, 0.29) is 5.22 Å². The van der Waals surface area contributed by atoms with Crippen molar-refractivity contribution in [1.82, 2.24) is 14.6 Å². The van der Waals surface area contributed by atoms with Crippen LogP contribution in [-0.2, 0) is 0 Å². The minimum absolute atomic E-state index is 0.0702. The lowest BCUT2D eigenvalue weighted by Crippen LogP contribution is -2.44. The summed E-state index contributed by atoms with van der Waals surface area (Å²) < 4.78 is 1.27. The summed E-state index contributed by atoms with van der Waals surface area (Å²) in [6.45, 7) is 1.83. The molecule has 0 saturated carbocycles. The summed E-state index contributed by atoms with van der Waals surface area (Å²) in [5, 5.41) is 4.42. The Hall–Kier alpha value is -3.47. The smallest absolute Gasteiger partial charge is 0.285 e. The van der Waals surface area contributed by atoms with E-state index in [1.54, 1.807) is 6.08 Å². The summed E-state index contributed by atoms with van der Waals surface area (Å²) in [6.07, 6.45) is 1.58. The number of benzene rings is 2. The van der Waals surface area contributed by atoms with E-state index in [4.69, 9.17) is 0 Å². The second kappa shape index (κ2) is 5.87. The van der Waals surface area contributed by atoms with E-state index in [1.807, 2.05) is 67.6 Å². The van der Waals surface area contributed by atoms with Crippen LogP contribution in [0.1, 0.15) is 11.3 Å². The molecule has 0 aliphatic heterocycles. The Balaban J connectivity index is 2.05. The molecule has 0 amide bonds. The highest BCUT2D eigenvalue weighted by Gasteiger charge is 2.15. The molecular weight excluding hydrogens is 314 g/mol. The van der Waals surface area contributed by atoms with E-state index in [1.165, 1.54) is 4.52 Å². The van der Waals surface area contributed by atoms with Gasteiger partial charge >= 0.3 is 0 Å². The number of hydrogen-bond donors (Lipinski definition) is 1. The highest BCUT2D eigenvalue weighted by Crippen LogP contribution is 2.25. The third-order valence-electron chi connectivity index (χ3n) is 4.13. The molecule has 2 heterocycles. The van der Waals surface area contributed by atoms with Crippen LogP contribution in [0.3, 0.4) is 0 Å². The van der Waals surface area contributed by atoms with Crippen LogP contribution in [-0.4, -0.2) is 14.6 Å². The number of nitrogens with one attached hydrogen (secondary N) is 1. The van der Waals surface area contributed by atoms with Crippen LogP contribution in [0.15, 0.2) is 70.3 Å². The number of rotatable bonds is 2. The molecule has 0 unspecified atom stereocenters. The quantitative estimate of drug-likeness (QED) is 0.611. The van der Waals surface area contributed by atoms with Gasteiger partial charge in [-0.05, 0) is 24.1 Å². The lowest BCUT2D eigenvalue weighted by Gasteiger charge is -2.00. The summed E-state index contributed by atoms with van der Waals surface area (Å²) in [5.41, 5.74) is 2.73. The fraction of sp³-hybridized carbons (Fsp3) is 0.0500. The van der Waals surface area contributed by atoms with E-state index in [0.29, 0.717) is 11.3 Å². The Morgan fingerprint density at radius 1 is 0.960 bits per heavy atom. The van der Waals surface area contributed by atoms with Gasteiger partial charge in [-0.3, -0.25) is 9.59 Å². The Bertz CT molecular complexity index is 1220. The van der Waals surface area contributed by atoms with E-state index in [9.17, 15) is 9.59 Å². The molecule has 1 N–H and O–H groups in total. The number of aromatic nitrogens is 3. The zero-order valence-corrected chi connectivity index (χ0v) is 13.6. The maximum absolute atomic E-state index is 12.8. The van der Waals surface area contributed by atoms with Crippen LogP contribution < -0.4 is 16.3 Å². The van der Waals surface area contributed by atoms with Gasteiger partial charge in [0.25, 0.3) is 11.1 Å². The van der Waals surface area contributed by atoms with Gasteiger partial charge in [0.05, 0.1) is 5.69 Å². The molecule has 2 aromatic heterocycles. The molecule has 25 heavy (non-hydrogen) atoms. The minimum atomic E-state index is -0.423. The van der Waals surface area contributed by atoms with Crippen molar-refractivity contribution in [3.63, 3.8) is 0 Å². The Morgan fingerprint density at radius 3 is 2.28 bits per heavy atom. The first-order chi connectivity index (χ1) is 12.1. The highest BCUT2D eigenvalue weighted by atomic mass is 16.1. The molecule has 0 atom stereocenters. The van der Waals surface area contributed by atoms with E-state index in [2.05, 4.69) is 10.1 Å². The summed E-state index contributed by atoms with van der Waals surface area (Å²) in [5.74, 6) is 0. The lowest BCUT2D eigenvalue weighted by molar-refractivity contribution is 0.863. The molecule has 5 nitrogen and oxygen atoms in total. The first-order valence-corrected chi connectivity index (χ1v) is 7.93. The van der Waals surface area contributed by atoms with E-state index in [0.717, 1.165) is 16.7 Å². The fourth-order valence-corrected chi connectivity index (χ4v) is 2.97. The Labute approximate surface area is 142 Å². The highest BCUT2D eigenvalue weighted by molar-refractivity contribution is 5.79. The number of aromatic amines is 1. The average molecular weight is 329 g/mol. The van der Waals surface area contributed by atoms with Crippen molar-refractivity contribution in [2.45, 2.75) is 6.92 Å². The summed E-state index contributed by atoms with van der Waals surface area (Å²) >= 11 is 0. The van der Waals surface area contributed by atoms with Gasteiger partial charge < -0.3 is 4.98 Å². The van der Waals surface area contributed by atoms with Gasteiger partial charge in [0.1, 0.15) is 10.9 Å². The summed E-state index contributed by atoms with van der Waals surface area (Å²) in [7, 11) is 0. The Morgan fingerprint density at radius 2 is 1.60 bits per heavy atom. The second-order valence-electron chi connectivity index (χ2n) is 5.81. The monoisotopic (exact) mass is 329 g/mol. The molecule has 0 spiro atoms. The number of aryl methyl sites for hydroxylation is 1. The van der Waals surface area contributed by atoms with Gasteiger partial charge in [0.15, 0.2) is 0 Å². The third-order valence-corrected chi connectivity index (χ3v) is 4.13. The summed E-state index contributed by atoms with van der Waals surface area (Å²) in [6, 6.07) is 18.9. The van der Waals surface area contributed by atoms with Gasteiger partial charge in [-0.15, -0.1) is 0 Å². The molecule has 122 valence electrons. The third kappa shape index (κ3) is 2.55. The lowest BCUT2D eigenvalue weighted by atomic mass is 10.1. The average Bonchev–Trinajstić information content (AvgIpc) is 2.96. The number of H-pyrrole nitrogens is 1. The predicted molar refractivity (Wildman–Crippen MR) is 97.5 cm³/mol. The standard InChI is InChI=1S/C20H15N3O2/c1-13-17(15-10-6-3-7-11-15)18-21-19(24)16(20(25)23(18)22-13)12-14-8-4-2-5-9-14/h2-12H,1H3,(H,21,24)/b16-12+. The number of fused-ring (bicyclic) bond motifs is 1. The van der Waals surface area contributed by atoms with Crippen molar-refractivity contribution in [3.05, 3.63) is 97.8 Å². The van der Waals surface area contributed by atoms with Gasteiger partial charge in [0.2, 0.25) is 0 Å². The van der Waals surface area contributed by atoms with Crippen molar-refractivity contribution in [3.8, 4) is 11.1 Å². The maximum atomic E-state index is 12.8. The minimum Gasteiger partial charge on any atom is -0.306 e. The first-order valence-electron chi connectivity index (χ1n) is 7.93. The molecule has 2 aromatic carbocycles. The van der Waals surface area contributed by atoms with Gasteiger partial charge in [-0.2, -0.15) is 9.61 Å². The maximum Gasteiger partial charge on any atom is 0.285 e. The van der Waals surface area contributed by atoms with Crippen LogP contribution >= 0.6 is 0 Å². The van der Waals surface area contributed by atoms with Crippen molar-refractivity contribution in [1.29, 1.82) is 0 Å². The molecule has 0 radical (unpaired) electrons. The zero-order chi connectivity index (χ0) is 17.4. The normalized spacial score (nSPS) is 12.0. The molecule has 0 aliphatic carbocycles. The molecule has 0 fully saturated rings. The van der Waals surface area contributed by atoms with Gasteiger partial charge in [0, 0.05) is 5.56 Å². The van der Waals surface area contributed by atoms with Crippen LogP contribution in [0.2, 0.25) is 0 Å². The van der Waals surface area contributed by atoms with Crippen molar-refractivity contribution < 1.29 is 0 Å².